The number of carbonyl (C=O) groups is 4. The normalized spacial score (nSPS) is 23.6. The molecular weight excluding hydrogens is 514 g/mol. The summed E-state index contributed by atoms with van der Waals surface area (Å²) in [5.41, 5.74) is 0.771. The monoisotopic (exact) mass is 553 g/mol. The molecule has 0 spiro atoms. The van der Waals surface area contributed by atoms with Crippen molar-refractivity contribution in [2.75, 3.05) is 6.61 Å². The highest BCUT2D eigenvalue weighted by atomic mass is 28.4. The van der Waals surface area contributed by atoms with Crippen LogP contribution in [0.4, 0.5) is 4.79 Å². The van der Waals surface area contributed by atoms with E-state index >= 15 is 0 Å². The zero-order valence-corrected chi connectivity index (χ0v) is 24.3. The maximum Gasteiger partial charge on any atom is 0.407 e. The van der Waals surface area contributed by atoms with Crippen molar-refractivity contribution in [1.29, 1.82) is 0 Å². The van der Waals surface area contributed by atoms with Crippen LogP contribution in [0.2, 0.25) is 18.1 Å². The molecule has 1 N–H and O–H groups in total. The second-order valence-electron chi connectivity index (χ2n) is 10.6. The number of rotatable bonds is 9. The fraction of sp³-hybridized carbons (Fsp3) is 0.615. The summed E-state index contributed by atoms with van der Waals surface area (Å²) >= 11 is 0. The first-order valence-electron chi connectivity index (χ1n) is 12.4. The topological polar surface area (TPSA) is 136 Å². The summed E-state index contributed by atoms with van der Waals surface area (Å²) in [6.45, 7) is 13.4. The van der Waals surface area contributed by atoms with Gasteiger partial charge in [-0.05, 0) is 23.7 Å². The average Bonchev–Trinajstić information content (AvgIpc) is 2.79. The molecule has 0 bridgehead atoms. The van der Waals surface area contributed by atoms with E-state index in [-0.39, 0.29) is 18.3 Å². The maximum absolute atomic E-state index is 12.9. The molecule has 1 aromatic carbocycles. The first-order valence-corrected chi connectivity index (χ1v) is 15.3. The minimum absolute atomic E-state index is 0.00527. The van der Waals surface area contributed by atoms with Gasteiger partial charge >= 0.3 is 24.0 Å². The molecule has 0 unspecified atom stereocenters. The Labute approximate surface area is 224 Å². The quantitative estimate of drug-likeness (QED) is 0.275. The molecule has 1 amide bonds. The minimum atomic E-state index is -2.53. The Hall–Kier alpha value is -2.96. The van der Waals surface area contributed by atoms with Gasteiger partial charge in [0.15, 0.2) is 26.8 Å². The van der Waals surface area contributed by atoms with Gasteiger partial charge in [-0.1, -0.05) is 51.1 Å². The Morgan fingerprint density at radius 1 is 0.895 bits per heavy atom. The largest absolute Gasteiger partial charge is 0.463 e. The summed E-state index contributed by atoms with van der Waals surface area (Å²) in [6.07, 6.45) is -5.44. The van der Waals surface area contributed by atoms with Gasteiger partial charge in [-0.25, -0.2) is 4.79 Å². The van der Waals surface area contributed by atoms with Crippen LogP contribution in [0.25, 0.3) is 0 Å². The van der Waals surface area contributed by atoms with E-state index in [1.807, 2.05) is 52.1 Å². The van der Waals surface area contributed by atoms with Crippen LogP contribution in [0.3, 0.4) is 0 Å². The van der Waals surface area contributed by atoms with Crippen LogP contribution < -0.4 is 5.32 Å². The van der Waals surface area contributed by atoms with Gasteiger partial charge in [0.2, 0.25) is 0 Å². The molecule has 1 aromatic rings. The molecular formula is C26H39NO10Si. The molecule has 1 heterocycles. The molecule has 212 valence electrons. The zero-order chi connectivity index (χ0) is 28.7. The number of nitrogens with one attached hydrogen (secondary N) is 1. The summed E-state index contributed by atoms with van der Waals surface area (Å²) in [5.74, 6) is -1.95. The lowest BCUT2D eigenvalue weighted by Crippen LogP contribution is -2.68. The second kappa shape index (κ2) is 13.2. The van der Waals surface area contributed by atoms with Crippen molar-refractivity contribution < 1.29 is 47.3 Å². The van der Waals surface area contributed by atoms with Gasteiger partial charge in [-0.15, -0.1) is 0 Å². The lowest BCUT2D eigenvalue weighted by atomic mass is 9.96. The van der Waals surface area contributed by atoms with Gasteiger partial charge < -0.3 is 33.4 Å². The minimum Gasteiger partial charge on any atom is -0.463 e. The summed E-state index contributed by atoms with van der Waals surface area (Å²) in [4.78, 5) is 48.6. The molecule has 1 saturated heterocycles. The predicted octanol–water partition coefficient (Wildman–Crippen LogP) is 3.45. The van der Waals surface area contributed by atoms with E-state index in [0.717, 1.165) is 5.56 Å². The van der Waals surface area contributed by atoms with Gasteiger partial charge in [0.25, 0.3) is 0 Å². The van der Waals surface area contributed by atoms with Gasteiger partial charge in [-0.2, -0.15) is 0 Å². The highest BCUT2D eigenvalue weighted by Gasteiger charge is 2.54. The fourth-order valence-corrected chi connectivity index (χ4v) is 4.66. The molecule has 0 radical (unpaired) electrons. The SMILES string of the molecule is CC(=O)OC[C@H]1O[C@@H](O[Si](C)(C)C(C)(C)C)[C@H](NC(=O)OCc2ccccc2)[C@H](OC(C)=O)[C@@H]1OC(C)=O. The van der Waals surface area contributed by atoms with Gasteiger partial charge in [0.1, 0.15) is 25.4 Å². The lowest BCUT2D eigenvalue weighted by Gasteiger charge is -2.48. The van der Waals surface area contributed by atoms with Crippen LogP contribution in [0.15, 0.2) is 30.3 Å². The Morgan fingerprint density at radius 3 is 2.00 bits per heavy atom. The Bertz CT molecular complexity index is 978. The van der Waals surface area contributed by atoms with E-state index in [0.29, 0.717) is 0 Å². The molecule has 12 heteroatoms. The molecule has 0 saturated carbocycles. The van der Waals surface area contributed by atoms with Crippen molar-refractivity contribution in [3.8, 4) is 0 Å². The predicted molar refractivity (Wildman–Crippen MR) is 138 cm³/mol. The van der Waals surface area contributed by atoms with Crippen LogP contribution >= 0.6 is 0 Å². The molecule has 1 aliphatic heterocycles. The highest BCUT2D eigenvalue weighted by Crippen LogP contribution is 2.39. The Balaban J connectivity index is 2.44. The molecule has 2 rings (SSSR count). The molecule has 1 fully saturated rings. The van der Waals surface area contributed by atoms with E-state index in [1.54, 1.807) is 12.1 Å². The molecule has 0 aromatic heterocycles. The number of benzene rings is 1. The number of esters is 3. The second-order valence-corrected chi connectivity index (χ2v) is 15.4. The van der Waals surface area contributed by atoms with E-state index < -0.39 is 63.0 Å². The van der Waals surface area contributed by atoms with Crippen molar-refractivity contribution in [2.24, 2.45) is 0 Å². The number of hydrogen-bond donors (Lipinski definition) is 1. The third-order valence-electron chi connectivity index (χ3n) is 6.42. The zero-order valence-electron chi connectivity index (χ0n) is 23.3. The number of amides is 1. The van der Waals surface area contributed by atoms with Crippen molar-refractivity contribution in [1.82, 2.24) is 5.32 Å². The van der Waals surface area contributed by atoms with E-state index in [1.165, 1.54) is 20.8 Å². The molecule has 0 aliphatic carbocycles. The number of alkyl carbamates (subject to hydrolysis) is 1. The highest BCUT2D eigenvalue weighted by molar-refractivity contribution is 6.74. The summed E-state index contributed by atoms with van der Waals surface area (Å²) in [6, 6.07) is 7.97. The van der Waals surface area contributed by atoms with Crippen LogP contribution in [-0.4, -0.2) is 69.6 Å². The van der Waals surface area contributed by atoms with Crippen LogP contribution in [0.5, 0.6) is 0 Å². The molecule has 38 heavy (non-hydrogen) atoms. The van der Waals surface area contributed by atoms with Gasteiger partial charge in [-0.3, -0.25) is 14.4 Å². The van der Waals surface area contributed by atoms with Crippen LogP contribution in [0, 0.1) is 0 Å². The van der Waals surface area contributed by atoms with Crippen LogP contribution in [-0.2, 0) is 49.1 Å². The molecule has 1 aliphatic rings. The van der Waals surface area contributed by atoms with Crippen molar-refractivity contribution in [3.63, 3.8) is 0 Å². The smallest absolute Gasteiger partial charge is 0.407 e. The molecule has 11 nitrogen and oxygen atoms in total. The van der Waals surface area contributed by atoms with Crippen molar-refractivity contribution >= 4 is 32.3 Å². The third kappa shape index (κ3) is 9.10. The van der Waals surface area contributed by atoms with Crippen LogP contribution in [0.1, 0.15) is 47.1 Å². The summed E-state index contributed by atoms with van der Waals surface area (Å²) < 4.78 is 34.2. The summed E-state index contributed by atoms with van der Waals surface area (Å²) in [5, 5.41) is 2.45. The summed E-state index contributed by atoms with van der Waals surface area (Å²) in [7, 11) is -2.53. The first kappa shape index (κ1) is 31.3. The lowest BCUT2D eigenvalue weighted by molar-refractivity contribution is -0.259. The van der Waals surface area contributed by atoms with Crippen molar-refractivity contribution in [2.45, 2.75) is 96.9 Å². The third-order valence-corrected chi connectivity index (χ3v) is 10.8. The van der Waals surface area contributed by atoms with E-state index in [9.17, 15) is 19.2 Å². The van der Waals surface area contributed by atoms with E-state index in [2.05, 4.69) is 5.32 Å². The Kier molecular flexibility index (Phi) is 10.9. The first-order chi connectivity index (χ1) is 17.6. The number of ether oxygens (including phenoxy) is 5. The Morgan fingerprint density at radius 2 is 1.47 bits per heavy atom. The van der Waals surface area contributed by atoms with Crippen molar-refractivity contribution in [3.05, 3.63) is 35.9 Å². The maximum atomic E-state index is 12.9. The van der Waals surface area contributed by atoms with Gasteiger partial charge in [0.05, 0.1) is 0 Å². The number of carbonyl (C=O) groups excluding carboxylic acids is 4. The average molecular weight is 554 g/mol. The number of hydrogen-bond acceptors (Lipinski definition) is 10. The van der Waals surface area contributed by atoms with Gasteiger partial charge in [0, 0.05) is 20.8 Å². The fourth-order valence-electron chi connectivity index (χ4n) is 3.52. The van der Waals surface area contributed by atoms with E-state index in [4.69, 9.17) is 28.1 Å². The molecule has 5 atom stereocenters. The standard InChI is InChI=1S/C26H39NO10Si/c1-16(28)32-15-20-22(34-17(2)29)23(35-18(3)30)21(24(36-20)37-38(7,8)26(4,5)6)27-25(31)33-14-19-12-10-9-11-13-19/h9-13,20-24H,14-15H2,1-8H3,(H,27,31)/t20-,21-,22-,23+,24+/m1/s1.